The molecule has 0 aliphatic carbocycles. The summed E-state index contributed by atoms with van der Waals surface area (Å²) in [4.78, 5) is 0. The van der Waals surface area contributed by atoms with Crippen LogP contribution in [0.25, 0.3) is 0 Å². The highest BCUT2D eigenvalue weighted by molar-refractivity contribution is 14.1. The standard InChI is InChI=1S/C10H5BrClF6IO9S3/c1-29(20,21)26-7-5(19)3(11)4(12)6(27-30(22,23)2-9(13,14)15)8(7)28-31(24,25)10(16,17)18/h2H2,1H3. The maximum Gasteiger partial charge on any atom is 0.534 e. The third kappa shape index (κ3) is 7.82. The fourth-order valence-electron chi connectivity index (χ4n) is 1.49. The van der Waals surface area contributed by atoms with E-state index in [0.717, 1.165) is 0 Å². The molecule has 0 saturated carbocycles. The van der Waals surface area contributed by atoms with Crippen molar-refractivity contribution in [3.05, 3.63) is 13.1 Å². The van der Waals surface area contributed by atoms with E-state index >= 15 is 0 Å². The van der Waals surface area contributed by atoms with Crippen molar-refractivity contribution in [2.75, 3.05) is 12.0 Å². The van der Waals surface area contributed by atoms with Gasteiger partial charge in [0, 0.05) is 0 Å². The number of hydrogen-bond acceptors (Lipinski definition) is 9. The highest BCUT2D eigenvalue weighted by Crippen LogP contribution is 2.52. The molecule has 1 rings (SSSR count). The van der Waals surface area contributed by atoms with E-state index in [0.29, 0.717) is 6.26 Å². The Balaban J connectivity index is 3.95. The Morgan fingerprint density at radius 2 is 1.39 bits per heavy atom. The van der Waals surface area contributed by atoms with Crippen LogP contribution in [0.4, 0.5) is 26.3 Å². The minimum Gasteiger partial charge on any atom is -0.377 e. The molecule has 0 saturated heterocycles. The van der Waals surface area contributed by atoms with Gasteiger partial charge in [-0.1, -0.05) is 11.6 Å². The molecule has 0 aliphatic heterocycles. The van der Waals surface area contributed by atoms with Gasteiger partial charge in [0.1, 0.15) is 5.02 Å². The summed E-state index contributed by atoms with van der Waals surface area (Å²) in [6.07, 6.45) is -5.04. The first kappa shape index (κ1) is 28.6. The van der Waals surface area contributed by atoms with E-state index in [1.54, 1.807) is 0 Å². The number of benzene rings is 1. The molecule has 9 nitrogen and oxygen atoms in total. The molecule has 21 heteroatoms. The zero-order valence-electron chi connectivity index (χ0n) is 14.0. The molecule has 0 atom stereocenters. The molecular formula is C10H5BrClF6IO9S3. The molecule has 0 bridgehead atoms. The van der Waals surface area contributed by atoms with Crippen LogP contribution < -0.4 is 12.5 Å². The molecule has 0 fully saturated rings. The second-order valence-electron chi connectivity index (χ2n) is 5.10. The molecule has 1 aromatic rings. The highest BCUT2D eigenvalue weighted by atomic mass is 127. The number of halogens is 9. The van der Waals surface area contributed by atoms with Gasteiger partial charge < -0.3 is 12.5 Å². The van der Waals surface area contributed by atoms with Crippen LogP contribution in [0.2, 0.25) is 5.02 Å². The van der Waals surface area contributed by atoms with Gasteiger partial charge >= 0.3 is 42.0 Å². The van der Waals surface area contributed by atoms with Crippen molar-refractivity contribution in [3.63, 3.8) is 0 Å². The van der Waals surface area contributed by atoms with Crippen LogP contribution in [0, 0.1) is 3.57 Å². The molecule has 31 heavy (non-hydrogen) atoms. The molecule has 0 N–H and O–H groups in total. The lowest BCUT2D eigenvalue weighted by Gasteiger charge is -2.19. The average molecular weight is 722 g/mol. The highest BCUT2D eigenvalue weighted by Gasteiger charge is 2.50. The summed E-state index contributed by atoms with van der Waals surface area (Å²) >= 11 is 9.54. The predicted octanol–water partition coefficient (Wildman–Crippen LogP) is 3.54. The van der Waals surface area contributed by atoms with Gasteiger partial charge in [0.25, 0.3) is 0 Å². The summed E-state index contributed by atoms with van der Waals surface area (Å²) in [6.45, 7) is 0. The summed E-state index contributed by atoms with van der Waals surface area (Å²) in [5.74, 6) is -7.64. The van der Waals surface area contributed by atoms with E-state index in [-0.39, 0.29) is 0 Å². The third-order valence-electron chi connectivity index (χ3n) is 2.46. The minimum atomic E-state index is -6.64. The van der Waals surface area contributed by atoms with Crippen LogP contribution in [-0.2, 0) is 30.4 Å². The van der Waals surface area contributed by atoms with Crippen molar-refractivity contribution < 1.29 is 64.1 Å². The average Bonchev–Trinajstić information content (AvgIpc) is 2.48. The smallest absolute Gasteiger partial charge is 0.377 e. The van der Waals surface area contributed by atoms with E-state index in [1.165, 1.54) is 22.6 Å². The first-order valence-corrected chi connectivity index (χ1v) is 13.6. The Hall–Kier alpha value is -0.450. The van der Waals surface area contributed by atoms with Gasteiger partial charge in [0.2, 0.25) is 17.2 Å². The first-order chi connectivity index (χ1) is 13.5. The Labute approximate surface area is 197 Å². The molecule has 0 radical (unpaired) electrons. The van der Waals surface area contributed by atoms with Crippen LogP contribution in [0.3, 0.4) is 0 Å². The van der Waals surface area contributed by atoms with E-state index in [9.17, 15) is 51.6 Å². The Bertz CT molecular complexity index is 1200. The number of alkyl halides is 6. The topological polar surface area (TPSA) is 130 Å². The van der Waals surface area contributed by atoms with Crippen molar-refractivity contribution in [1.82, 2.24) is 0 Å². The van der Waals surface area contributed by atoms with Crippen molar-refractivity contribution in [2.45, 2.75) is 11.7 Å². The van der Waals surface area contributed by atoms with Gasteiger partial charge in [0.15, 0.2) is 5.75 Å². The van der Waals surface area contributed by atoms with E-state index < -0.39 is 78.1 Å². The van der Waals surface area contributed by atoms with Gasteiger partial charge in [0.05, 0.1) is 14.3 Å². The van der Waals surface area contributed by atoms with Crippen LogP contribution in [0.1, 0.15) is 0 Å². The SMILES string of the molecule is CS(=O)(=O)Oc1c(I)c(Br)c(Cl)c(OS(=O)(=O)CC(F)(F)F)c1OS(=O)(=O)C(F)(F)F. The molecule has 0 unspecified atom stereocenters. The van der Waals surface area contributed by atoms with E-state index in [4.69, 9.17) is 11.6 Å². The minimum absolute atomic E-state index is 0.356. The van der Waals surface area contributed by atoms with Crippen molar-refractivity contribution in [1.29, 1.82) is 0 Å². The summed E-state index contributed by atoms with van der Waals surface area (Å²) in [5, 5.41) is -1.08. The molecule has 1 aromatic carbocycles. The van der Waals surface area contributed by atoms with Gasteiger partial charge in [-0.05, 0) is 38.5 Å². The Morgan fingerprint density at radius 1 is 0.903 bits per heavy atom. The number of rotatable bonds is 7. The molecule has 0 heterocycles. The van der Waals surface area contributed by atoms with Gasteiger partial charge in [-0.15, -0.1) is 0 Å². The molecule has 0 amide bonds. The molecular weight excluding hydrogens is 717 g/mol. The van der Waals surface area contributed by atoms with Crippen LogP contribution in [-0.4, -0.2) is 48.9 Å². The predicted molar refractivity (Wildman–Crippen MR) is 103 cm³/mol. The normalized spacial score (nSPS) is 13.7. The van der Waals surface area contributed by atoms with Gasteiger partial charge in [-0.3, -0.25) is 0 Å². The maximum atomic E-state index is 12.7. The lowest BCUT2D eigenvalue weighted by atomic mass is 10.3. The van der Waals surface area contributed by atoms with E-state index in [1.807, 2.05) is 0 Å². The molecule has 0 spiro atoms. The fraction of sp³-hybridized carbons (Fsp3) is 0.400. The quantitative estimate of drug-likeness (QED) is 0.137. The summed E-state index contributed by atoms with van der Waals surface area (Å²) < 4.78 is 156. The second-order valence-corrected chi connectivity index (χ2v) is 12.0. The van der Waals surface area contributed by atoms with Crippen LogP contribution in [0.15, 0.2) is 4.47 Å². The van der Waals surface area contributed by atoms with Crippen molar-refractivity contribution in [3.8, 4) is 17.2 Å². The lowest BCUT2D eigenvalue weighted by Crippen LogP contribution is -2.29. The van der Waals surface area contributed by atoms with Crippen molar-refractivity contribution in [2.24, 2.45) is 0 Å². The largest absolute Gasteiger partial charge is 0.534 e. The lowest BCUT2D eigenvalue weighted by molar-refractivity contribution is -0.107. The number of hydrogen-bond donors (Lipinski definition) is 0. The van der Waals surface area contributed by atoms with E-state index in [2.05, 4.69) is 28.5 Å². The van der Waals surface area contributed by atoms with Gasteiger partial charge in [-0.2, -0.15) is 51.6 Å². The zero-order valence-corrected chi connectivity index (χ0v) is 21.0. The summed E-state index contributed by atoms with van der Waals surface area (Å²) in [6, 6.07) is 0. The zero-order chi connectivity index (χ0) is 24.8. The van der Waals surface area contributed by atoms with Crippen LogP contribution in [0.5, 0.6) is 17.2 Å². The molecule has 180 valence electrons. The summed E-state index contributed by atoms with van der Waals surface area (Å²) in [7, 11) is -17.0. The van der Waals surface area contributed by atoms with Crippen LogP contribution >= 0.6 is 50.1 Å². The summed E-state index contributed by atoms with van der Waals surface area (Å²) in [5.41, 5.74) is -6.14. The second kappa shape index (κ2) is 9.06. The Kier molecular flexibility index (Phi) is 8.36. The first-order valence-electron chi connectivity index (χ1n) is 6.57. The van der Waals surface area contributed by atoms with Crippen molar-refractivity contribution >= 4 is 80.5 Å². The Morgan fingerprint density at radius 3 is 1.77 bits per heavy atom. The monoisotopic (exact) mass is 720 g/mol. The molecule has 0 aliphatic rings. The fourth-order valence-corrected chi connectivity index (χ4v) is 4.85. The maximum absolute atomic E-state index is 12.7. The molecule has 0 aromatic heterocycles. The third-order valence-corrected chi connectivity index (χ3v) is 8.13. The van der Waals surface area contributed by atoms with Gasteiger partial charge in [-0.25, -0.2) is 0 Å².